The Morgan fingerprint density at radius 2 is 1.73 bits per heavy atom. The van der Waals surface area contributed by atoms with Gasteiger partial charge in [0.1, 0.15) is 40.7 Å². The van der Waals surface area contributed by atoms with Gasteiger partial charge in [-0.2, -0.15) is 8.42 Å². The number of nitrogens with one attached hydrogen (secondary N) is 1. The number of fused-ring (bicyclic) bond motifs is 1. The van der Waals surface area contributed by atoms with E-state index in [4.69, 9.17) is 9.47 Å². The molecule has 5 atom stereocenters. The molecule has 1 saturated heterocycles. The zero-order valence-corrected chi connectivity index (χ0v) is 21.5. The normalized spacial score (nSPS) is 23.3. The average molecular weight is 577 g/mol. The molecule has 0 spiro atoms. The summed E-state index contributed by atoms with van der Waals surface area (Å²) in [7, 11) is -4.87. The number of carbonyl (C=O) groups is 1. The number of nitro groups is 1. The van der Waals surface area contributed by atoms with Gasteiger partial charge < -0.3 is 30.1 Å². The van der Waals surface area contributed by atoms with Crippen molar-refractivity contribution in [1.29, 1.82) is 0 Å². The Morgan fingerprint density at radius 1 is 1.07 bits per heavy atom. The predicted octanol–water partition coefficient (Wildman–Crippen LogP) is 1.73. The van der Waals surface area contributed by atoms with E-state index in [0.29, 0.717) is 16.8 Å². The van der Waals surface area contributed by atoms with Crippen LogP contribution >= 0.6 is 0 Å². The quantitative estimate of drug-likeness (QED) is 0.112. The van der Waals surface area contributed by atoms with Crippen LogP contribution in [0.5, 0.6) is 5.75 Å². The summed E-state index contributed by atoms with van der Waals surface area (Å²) < 4.78 is 44.7. The topological polar surface area (TPSA) is 230 Å². The van der Waals surface area contributed by atoms with E-state index in [1.807, 2.05) is 0 Å². The average Bonchev–Trinajstić information content (AvgIpc) is 2.91. The molecule has 40 heavy (non-hydrogen) atoms. The zero-order valence-electron chi connectivity index (χ0n) is 20.7. The fourth-order valence-corrected chi connectivity index (χ4v) is 4.80. The molecule has 0 radical (unpaired) electrons. The van der Waals surface area contributed by atoms with Crippen LogP contribution in [0, 0.1) is 10.1 Å². The molecule has 16 heteroatoms. The van der Waals surface area contributed by atoms with Crippen molar-refractivity contribution in [1.82, 2.24) is 5.32 Å². The predicted molar refractivity (Wildman–Crippen MR) is 137 cm³/mol. The Bertz CT molecular complexity index is 1580. The number of aliphatic hydroxyl groups is 3. The van der Waals surface area contributed by atoms with E-state index in [9.17, 15) is 43.2 Å². The van der Waals surface area contributed by atoms with Gasteiger partial charge in [-0.15, -0.1) is 10.2 Å². The van der Waals surface area contributed by atoms with Crippen LogP contribution in [-0.2, 0) is 19.6 Å². The summed E-state index contributed by atoms with van der Waals surface area (Å²) in [5, 5.41) is 52.7. The zero-order chi connectivity index (χ0) is 29.2. The second-order valence-electron chi connectivity index (χ2n) is 8.76. The number of hydrogen-bond acceptors (Lipinski definition) is 12. The monoisotopic (exact) mass is 576 g/mol. The van der Waals surface area contributed by atoms with Crippen molar-refractivity contribution in [2.24, 2.45) is 10.2 Å². The molecule has 0 bridgehead atoms. The molecule has 0 aliphatic carbocycles. The number of amides is 1. The summed E-state index contributed by atoms with van der Waals surface area (Å²) in [5.41, 5.74) is -0.676. The van der Waals surface area contributed by atoms with Gasteiger partial charge in [0, 0.05) is 29.8 Å². The van der Waals surface area contributed by atoms with E-state index in [1.54, 1.807) is 24.3 Å². The Kier molecular flexibility index (Phi) is 8.38. The highest BCUT2D eigenvalue weighted by atomic mass is 32.2. The molecule has 15 nitrogen and oxygen atoms in total. The largest absolute Gasteiger partial charge is 0.462 e. The van der Waals surface area contributed by atoms with Gasteiger partial charge in [-0.25, -0.2) is 0 Å². The van der Waals surface area contributed by atoms with Crippen molar-refractivity contribution in [2.75, 3.05) is 6.61 Å². The third-order valence-electron chi connectivity index (χ3n) is 6.05. The molecular formula is C24H24N4O11S. The van der Waals surface area contributed by atoms with Gasteiger partial charge in [-0.05, 0) is 18.2 Å². The van der Waals surface area contributed by atoms with E-state index < -0.39 is 68.8 Å². The van der Waals surface area contributed by atoms with Crippen LogP contribution in [0.25, 0.3) is 10.8 Å². The van der Waals surface area contributed by atoms with Crippen LogP contribution in [0.4, 0.5) is 17.1 Å². The Morgan fingerprint density at radius 3 is 2.35 bits per heavy atom. The standard InChI is InChI=1S/C24H24N4O11S/c1-12(30)25-21-23(32)22(31)19(11-29)39-24(21)38-18-9-8-16(14-4-2-3-5-15(14)18)26-27-17-7-6-13(28(33)34)10-20(17)40(35,36)37/h2-10,19,21-24,29,31-32H,11H2,1H3,(H,25,30)(H,35,36,37)/t19-,21-,22-,23-,24-/m1/s1. The number of carbonyl (C=O) groups excluding carboxylic acids is 1. The molecule has 1 fully saturated rings. The molecule has 0 aromatic heterocycles. The smallest absolute Gasteiger partial charge is 0.297 e. The molecule has 0 saturated carbocycles. The minimum absolute atomic E-state index is 0.212. The van der Waals surface area contributed by atoms with Gasteiger partial charge >= 0.3 is 0 Å². The second kappa shape index (κ2) is 11.6. The lowest BCUT2D eigenvalue weighted by Gasteiger charge is -2.42. The highest BCUT2D eigenvalue weighted by Crippen LogP contribution is 2.37. The lowest BCUT2D eigenvalue weighted by molar-refractivity contribution is -0.385. The Labute approximate surface area is 226 Å². The maximum Gasteiger partial charge on any atom is 0.297 e. The lowest BCUT2D eigenvalue weighted by atomic mass is 9.97. The Hall–Kier alpha value is -4.06. The maximum atomic E-state index is 11.8. The summed E-state index contributed by atoms with van der Waals surface area (Å²) in [6.45, 7) is 0.584. The first-order chi connectivity index (χ1) is 18.9. The number of rotatable bonds is 8. The summed E-state index contributed by atoms with van der Waals surface area (Å²) >= 11 is 0. The van der Waals surface area contributed by atoms with E-state index in [2.05, 4.69) is 15.5 Å². The third kappa shape index (κ3) is 6.06. The van der Waals surface area contributed by atoms with Crippen LogP contribution in [0.2, 0.25) is 0 Å². The molecule has 5 N–H and O–H groups in total. The van der Waals surface area contributed by atoms with E-state index >= 15 is 0 Å². The first kappa shape index (κ1) is 28.9. The van der Waals surface area contributed by atoms with E-state index in [0.717, 1.165) is 12.1 Å². The highest BCUT2D eigenvalue weighted by Gasteiger charge is 2.46. The fraction of sp³-hybridized carbons (Fsp3) is 0.292. The first-order valence-corrected chi connectivity index (χ1v) is 13.1. The van der Waals surface area contributed by atoms with Crippen LogP contribution in [-0.4, -0.2) is 76.4 Å². The van der Waals surface area contributed by atoms with Gasteiger partial charge in [0.25, 0.3) is 15.8 Å². The molecule has 1 aliphatic rings. The summed E-state index contributed by atoms with van der Waals surface area (Å²) in [4.78, 5) is 21.1. The van der Waals surface area contributed by atoms with Crippen molar-refractivity contribution >= 4 is 43.9 Å². The molecular weight excluding hydrogens is 552 g/mol. The number of benzene rings is 3. The molecule has 3 aromatic carbocycles. The minimum atomic E-state index is -4.87. The van der Waals surface area contributed by atoms with Crippen LogP contribution in [0.3, 0.4) is 0 Å². The van der Waals surface area contributed by atoms with Crippen LogP contribution < -0.4 is 10.1 Å². The molecule has 4 rings (SSSR count). The van der Waals surface area contributed by atoms with Crippen LogP contribution in [0.15, 0.2) is 69.7 Å². The van der Waals surface area contributed by atoms with Gasteiger partial charge in [0.2, 0.25) is 12.2 Å². The molecule has 3 aromatic rings. The van der Waals surface area contributed by atoms with Gasteiger partial charge in [-0.1, -0.05) is 24.3 Å². The number of hydrogen-bond donors (Lipinski definition) is 5. The SMILES string of the molecule is CC(=O)N[C@H]1[C@H](Oc2ccc(N=Nc3ccc([N+](=O)[O-])cc3S(=O)(=O)O)c3ccccc23)O[C@H](CO)[C@@H](O)[C@@H]1O. The third-order valence-corrected chi connectivity index (χ3v) is 6.94. The van der Waals surface area contributed by atoms with Gasteiger partial charge in [-0.3, -0.25) is 19.5 Å². The number of aliphatic hydroxyl groups excluding tert-OH is 3. The van der Waals surface area contributed by atoms with Gasteiger partial charge in [0.15, 0.2) is 0 Å². The summed E-state index contributed by atoms with van der Waals surface area (Å²) in [5.74, 6) is -0.309. The Balaban J connectivity index is 1.71. The number of non-ortho nitro benzene ring substituents is 1. The van der Waals surface area contributed by atoms with Crippen molar-refractivity contribution in [3.8, 4) is 5.75 Å². The second-order valence-corrected chi connectivity index (χ2v) is 10.2. The van der Waals surface area contributed by atoms with Crippen LogP contribution in [0.1, 0.15) is 6.92 Å². The van der Waals surface area contributed by atoms with E-state index in [1.165, 1.54) is 19.1 Å². The fourth-order valence-electron chi connectivity index (χ4n) is 4.15. The van der Waals surface area contributed by atoms with Crippen molar-refractivity contribution in [3.05, 3.63) is 64.7 Å². The molecule has 1 aliphatic heterocycles. The van der Waals surface area contributed by atoms with Crippen molar-refractivity contribution in [3.63, 3.8) is 0 Å². The lowest BCUT2D eigenvalue weighted by Crippen LogP contribution is -2.65. The number of ether oxygens (including phenoxy) is 2. The number of nitrogens with zero attached hydrogens (tertiary/aromatic N) is 3. The summed E-state index contributed by atoms with van der Waals surface area (Å²) in [6, 6.07) is 11.1. The maximum absolute atomic E-state index is 11.8. The number of azo groups is 1. The van der Waals surface area contributed by atoms with Crippen molar-refractivity contribution in [2.45, 2.75) is 42.5 Å². The first-order valence-electron chi connectivity index (χ1n) is 11.7. The minimum Gasteiger partial charge on any atom is -0.462 e. The van der Waals surface area contributed by atoms with Crippen molar-refractivity contribution < 1.29 is 47.5 Å². The number of nitro benzene ring substituents is 1. The van der Waals surface area contributed by atoms with Gasteiger partial charge in [0.05, 0.1) is 17.2 Å². The molecule has 1 heterocycles. The van der Waals surface area contributed by atoms with E-state index in [-0.39, 0.29) is 17.1 Å². The summed E-state index contributed by atoms with van der Waals surface area (Å²) in [6.07, 6.45) is -5.51. The molecule has 212 valence electrons. The highest BCUT2D eigenvalue weighted by molar-refractivity contribution is 7.86. The molecule has 0 unspecified atom stereocenters. The molecule has 1 amide bonds.